The maximum atomic E-state index is 13.6. The summed E-state index contributed by atoms with van der Waals surface area (Å²) in [4.78, 5) is 30.1. The SMILES string of the molecule is COc1ccc(C)cc1-n1c(-c2ccc(F)cc2)cn2c3c(=O)n(C)c(=O)n(C)c3nc12. The maximum absolute atomic E-state index is 13.6. The molecule has 0 bridgehead atoms. The molecule has 0 spiro atoms. The van der Waals surface area contributed by atoms with Crippen molar-refractivity contribution in [3.63, 3.8) is 0 Å². The summed E-state index contributed by atoms with van der Waals surface area (Å²) in [5, 5.41) is 0. The van der Waals surface area contributed by atoms with Crippen LogP contribution in [-0.4, -0.2) is 30.2 Å². The van der Waals surface area contributed by atoms with E-state index in [1.54, 1.807) is 36.9 Å². The van der Waals surface area contributed by atoms with Gasteiger partial charge in [0.15, 0.2) is 11.2 Å². The first-order valence-corrected chi connectivity index (χ1v) is 9.92. The van der Waals surface area contributed by atoms with E-state index < -0.39 is 11.2 Å². The zero-order valence-corrected chi connectivity index (χ0v) is 18.0. The lowest BCUT2D eigenvalue weighted by Crippen LogP contribution is -2.37. The third kappa shape index (κ3) is 2.71. The van der Waals surface area contributed by atoms with Gasteiger partial charge < -0.3 is 4.74 Å². The fourth-order valence-electron chi connectivity index (χ4n) is 4.01. The lowest BCUT2D eigenvalue weighted by Gasteiger charge is -2.14. The molecule has 0 radical (unpaired) electrons. The summed E-state index contributed by atoms with van der Waals surface area (Å²) in [6.07, 6.45) is 1.77. The van der Waals surface area contributed by atoms with Crippen LogP contribution in [-0.2, 0) is 14.1 Å². The summed E-state index contributed by atoms with van der Waals surface area (Å²) in [6, 6.07) is 11.8. The molecule has 0 amide bonds. The molecule has 162 valence electrons. The molecule has 0 aliphatic heterocycles. The van der Waals surface area contributed by atoms with E-state index in [0.717, 1.165) is 15.7 Å². The van der Waals surface area contributed by atoms with Crippen molar-refractivity contribution < 1.29 is 9.13 Å². The van der Waals surface area contributed by atoms with E-state index in [4.69, 9.17) is 4.74 Å². The van der Waals surface area contributed by atoms with Crippen molar-refractivity contribution in [1.29, 1.82) is 0 Å². The molecule has 0 atom stereocenters. The van der Waals surface area contributed by atoms with Crippen molar-refractivity contribution in [3.05, 3.63) is 80.9 Å². The van der Waals surface area contributed by atoms with Crippen LogP contribution in [0.5, 0.6) is 5.75 Å². The Kier molecular flexibility index (Phi) is 4.30. The molecule has 0 unspecified atom stereocenters. The molecule has 0 N–H and O–H groups in total. The molecule has 0 aliphatic carbocycles. The predicted octanol–water partition coefficient (Wildman–Crippen LogP) is 2.80. The maximum Gasteiger partial charge on any atom is 0.332 e. The highest BCUT2D eigenvalue weighted by atomic mass is 19.1. The monoisotopic (exact) mass is 433 g/mol. The van der Waals surface area contributed by atoms with Crippen LogP contribution in [0.25, 0.3) is 33.9 Å². The van der Waals surface area contributed by atoms with Crippen LogP contribution in [0.15, 0.2) is 58.3 Å². The van der Waals surface area contributed by atoms with Crippen molar-refractivity contribution in [2.24, 2.45) is 14.1 Å². The molecular weight excluding hydrogens is 413 g/mol. The molecule has 5 aromatic rings. The van der Waals surface area contributed by atoms with Crippen LogP contribution >= 0.6 is 0 Å². The van der Waals surface area contributed by atoms with Gasteiger partial charge in [0.25, 0.3) is 5.56 Å². The second-order valence-electron chi connectivity index (χ2n) is 7.69. The number of aromatic nitrogens is 5. The highest BCUT2D eigenvalue weighted by Crippen LogP contribution is 2.33. The van der Waals surface area contributed by atoms with Gasteiger partial charge in [-0.25, -0.2) is 9.18 Å². The molecule has 0 saturated heterocycles. The Hall–Kier alpha value is -4.14. The van der Waals surface area contributed by atoms with Crippen LogP contribution in [0.3, 0.4) is 0 Å². The summed E-state index contributed by atoms with van der Waals surface area (Å²) >= 11 is 0. The second kappa shape index (κ2) is 6.94. The van der Waals surface area contributed by atoms with E-state index in [1.165, 1.54) is 23.7 Å². The van der Waals surface area contributed by atoms with Crippen LogP contribution in [0.2, 0.25) is 0 Å². The lowest BCUT2D eigenvalue weighted by molar-refractivity contribution is 0.413. The molecular formula is C23H20FN5O3. The summed E-state index contributed by atoms with van der Waals surface area (Å²) < 4.78 is 25.1. The largest absolute Gasteiger partial charge is 0.495 e. The quantitative estimate of drug-likeness (QED) is 0.439. The van der Waals surface area contributed by atoms with Crippen LogP contribution in [0, 0.1) is 12.7 Å². The number of ether oxygens (including phenoxy) is 1. The molecule has 5 rings (SSSR count). The Morgan fingerprint density at radius 3 is 2.41 bits per heavy atom. The van der Waals surface area contributed by atoms with E-state index in [0.29, 0.717) is 22.9 Å². The molecule has 3 aromatic heterocycles. The molecule has 8 nitrogen and oxygen atoms in total. The number of rotatable bonds is 3. The van der Waals surface area contributed by atoms with Crippen LogP contribution in [0.4, 0.5) is 4.39 Å². The topological polar surface area (TPSA) is 75.5 Å². The molecule has 2 aromatic carbocycles. The van der Waals surface area contributed by atoms with E-state index in [9.17, 15) is 14.0 Å². The van der Waals surface area contributed by atoms with Crippen LogP contribution < -0.4 is 16.0 Å². The first-order chi connectivity index (χ1) is 15.3. The molecule has 0 aliphatic rings. The highest BCUT2D eigenvalue weighted by molar-refractivity contribution is 5.80. The van der Waals surface area contributed by atoms with E-state index in [2.05, 4.69) is 4.98 Å². The van der Waals surface area contributed by atoms with Gasteiger partial charge in [0.2, 0.25) is 5.78 Å². The van der Waals surface area contributed by atoms with E-state index >= 15 is 0 Å². The van der Waals surface area contributed by atoms with Crippen molar-refractivity contribution in [2.75, 3.05) is 7.11 Å². The number of benzene rings is 2. The van der Waals surface area contributed by atoms with E-state index in [-0.39, 0.29) is 17.0 Å². The fourth-order valence-corrected chi connectivity index (χ4v) is 4.01. The zero-order chi connectivity index (χ0) is 22.7. The Morgan fingerprint density at radius 1 is 1.00 bits per heavy atom. The molecule has 0 saturated carbocycles. The van der Waals surface area contributed by atoms with E-state index in [1.807, 2.05) is 29.7 Å². The van der Waals surface area contributed by atoms with Gasteiger partial charge in [-0.15, -0.1) is 0 Å². The molecule has 32 heavy (non-hydrogen) atoms. The standard InChI is InChI=1S/C23H20FN5O3/c1-13-5-10-18(32-4)16(11-13)29-17(14-6-8-15(24)9-7-14)12-28-19-20(25-22(28)29)26(2)23(31)27(3)21(19)30/h5-12H,1-4H3. The first-order valence-electron chi connectivity index (χ1n) is 9.92. The van der Waals surface area contributed by atoms with Crippen LogP contribution in [0.1, 0.15) is 5.56 Å². The number of aryl methyl sites for hydroxylation is 2. The molecule has 3 heterocycles. The number of fused-ring (bicyclic) bond motifs is 3. The fraction of sp³-hybridized carbons (Fsp3) is 0.174. The van der Waals surface area contributed by atoms with Gasteiger partial charge >= 0.3 is 5.69 Å². The Morgan fingerprint density at radius 2 is 1.72 bits per heavy atom. The van der Waals surface area contributed by atoms with Gasteiger partial charge in [0, 0.05) is 25.9 Å². The normalized spacial score (nSPS) is 11.5. The number of imidazole rings is 2. The molecule has 0 fully saturated rings. The molecule has 9 heteroatoms. The number of hydrogen-bond donors (Lipinski definition) is 0. The average Bonchev–Trinajstić information content (AvgIpc) is 3.33. The summed E-state index contributed by atoms with van der Waals surface area (Å²) in [6.45, 7) is 1.96. The highest BCUT2D eigenvalue weighted by Gasteiger charge is 2.23. The third-order valence-electron chi connectivity index (χ3n) is 5.68. The summed E-state index contributed by atoms with van der Waals surface area (Å²) in [5.41, 5.74) is 2.77. The number of methoxy groups -OCH3 is 1. The minimum atomic E-state index is -0.457. The van der Waals surface area contributed by atoms with Gasteiger partial charge in [0.1, 0.15) is 11.6 Å². The number of halogens is 1. The van der Waals surface area contributed by atoms with Gasteiger partial charge in [-0.2, -0.15) is 4.98 Å². The van der Waals surface area contributed by atoms with Gasteiger partial charge in [-0.05, 0) is 48.9 Å². The van der Waals surface area contributed by atoms with Crippen molar-refractivity contribution in [2.45, 2.75) is 6.92 Å². The first kappa shape index (κ1) is 19.8. The number of nitrogens with zero attached hydrogens (tertiary/aromatic N) is 5. The van der Waals surface area contributed by atoms with Gasteiger partial charge in [0.05, 0.1) is 18.5 Å². The van der Waals surface area contributed by atoms with Gasteiger partial charge in [-0.3, -0.25) is 22.9 Å². The predicted molar refractivity (Wildman–Crippen MR) is 119 cm³/mol. The van der Waals surface area contributed by atoms with Crippen molar-refractivity contribution in [3.8, 4) is 22.7 Å². The Balaban J connectivity index is 1.99. The second-order valence-corrected chi connectivity index (χ2v) is 7.69. The summed E-state index contributed by atoms with van der Waals surface area (Å²) in [7, 11) is 4.59. The van der Waals surface area contributed by atoms with Crippen molar-refractivity contribution in [1.82, 2.24) is 23.1 Å². The Labute approximate surface area is 181 Å². The average molecular weight is 433 g/mol. The van der Waals surface area contributed by atoms with Crippen molar-refractivity contribution >= 4 is 16.9 Å². The lowest BCUT2D eigenvalue weighted by atomic mass is 10.1. The minimum Gasteiger partial charge on any atom is -0.495 e. The minimum absolute atomic E-state index is 0.276. The Bertz CT molecular complexity index is 1640. The smallest absolute Gasteiger partial charge is 0.332 e. The third-order valence-corrected chi connectivity index (χ3v) is 5.68. The number of hydrogen-bond acceptors (Lipinski definition) is 4. The zero-order valence-electron chi connectivity index (χ0n) is 18.0. The summed E-state index contributed by atoms with van der Waals surface area (Å²) in [5.74, 6) is 0.687. The van der Waals surface area contributed by atoms with Gasteiger partial charge in [-0.1, -0.05) is 6.07 Å².